The Hall–Kier alpha value is -1.22. The number of ether oxygens (including phenoxy) is 2. The zero-order valence-electron chi connectivity index (χ0n) is 12.2. The quantitative estimate of drug-likeness (QED) is 0.851. The molecule has 1 atom stereocenters. The van der Waals surface area contributed by atoms with E-state index in [-0.39, 0.29) is 0 Å². The smallest absolute Gasteiger partial charge is 0.161 e. The van der Waals surface area contributed by atoms with Crippen LogP contribution in [-0.4, -0.2) is 20.8 Å². The molecule has 0 bridgehead atoms. The zero-order chi connectivity index (χ0) is 13.7. The molecule has 0 aliphatic heterocycles. The zero-order valence-corrected chi connectivity index (χ0v) is 12.2. The van der Waals surface area contributed by atoms with Crippen molar-refractivity contribution in [2.45, 2.75) is 38.6 Å². The molecule has 1 unspecified atom stereocenters. The van der Waals surface area contributed by atoms with Gasteiger partial charge in [-0.2, -0.15) is 0 Å². The predicted molar refractivity (Wildman–Crippen MR) is 77.9 cm³/mol. The third-order valence-corrected chi connectivity index (χ3v) is 4.07. The van der Waals surface area contributed by atoms with E-state index < -0.39 is 0 Å². The Morgan fingerprint density at radius 2 is 2.00 bits per heavy atom. The molecule has 2 rings (SSSR count). The van der Waals surface area contributed by atoms with Crippen molar-refractivity contribution >= 4 is 0 Å². The van der Waals surface area contributed by atoms with Crippen LogP contribution >= 0.6 is 0 Å². The molecule has 1 N–H and O–H groups in total. The minimum Gasteiger partial charge on any atom is -0.493 e. The van der Waals surface area contributed by atoms with Crippen LogP contribution < -0.4 is 14.8 Å². The van der Waals surface area contributed by atoms with Gasteiger partial charge < -0.3 is 14.8 Å². The van der Waals surface area contributed by atoms with Crippen molar-refractivity contribution < 1.29 is 9.47 Å². The minimum absolute atomic E-state index is 0.317. The maximum atomic E-state index is 5.93. The van der Waals surface area contributed by atoms with Crippen molar-refractivity contribution in [3.8, 4) is 11.5 Å². The molecule has 1 fully saturated rings. The highest BCUT2D eigenvalue weighted by atomic mass is 16.5. The van der Waals surface area contributed by atoms with E-state index in [0.717, 1.165) is 24.0 Å². The standard InChI is InChI=1S/C16H25NO2/c1-12(17-2)14-8-9-15(16(10-14)18-3)19-11-13-6-4-5-7-13/h8-10,12-13,17H,4-7,11H2,1-3H3. The van der Waals surface area contributed by atoms with E-state index in [4.69, 9.17) is 9.47 Å². The van der Waals surface area contributed by atoms with Crippen LogP contribution in [0.2, 0.25) is 0 Å². The largest absolute Gasteiger partial charge is 0.493 e. The molecule has 1 saturated carbocycles. The van der Waals surface area contributed by atoms with E-state index in [0.29, 0.717) is 6.04 Å². The van der Waals surface area contributed by atoms with Crippen molar-refractivity contribution in [3.05, 3.63) is 23.8 Å². The molecule has 0 aromatic heterocycles. The van der Waals surface area contributed by atoms with Gasteiger partial charge in [0, 0.05) is 6.04 Å². The Morgan fingerprint density at radius 1 is 1.26 bits per heavy atom. The summed E-state index contributed by atoms with van der Waals surface area (Å²) in [7, 11) is 3.66. The number of methoxy groups -OCH3 is 1. The third kappa shape index (κ3) is 3.63. The highest BCUT2D eigenvalue weighted by Crippen LogP contribution is 2.32. The first kappa shape index (κ1) is 14.2. The molecule has 19 heavy (non-hydrogen) atoms. The summed E-state index contributed by atoms with van der Waals surface area (Å²) in [6, 6.07) is 6.51. The van der Waals surface area contributed by atoms with Crippen LogP contribution in [0.4, 0.5) is 0 Å². The van der Waals surface area contributed by atoms with Crippen LogP contribution in [0.15, 0.2) is 18.2 Å². The second kappa shape index (κ2) is 6.80. The van der Waals surface area contributed by atoms with E-state index in [2.05, 4.69) is 24.4 Å². The van der Waals surface area contributed by atoms with Gasteiger partial charge in [0.05, 0.1) is 13.7 Å². The van der Waals surface area contributed by atoms with Crippen molar-refractivity contribution in [2.24, 2.45) is 5.92 Å². The second-order valence-electron chi connectivity index (χ2n) is 5.38. The van der Waals surface area contributed by atoms with Crippen molar-refractivity contribution in [2.75, 3.05) is 20.8 Å². The fraction of sp³-hybridized carbons (Fsp3) is 0.625. The van der Waals surface area contributed by atoms with Gasteiger partial charge in [-0.15, -0.1) is 0 Å². The lowest BCUT2D eigenvalue weighted by molar-refractivity contribution is 0.240. The summed E-state index contributed by atoms with van der Waals surface area (Å²) in [5, 5.41) is 3.23. The fourth-order valence-electron chi connectivity index (χ4n) is 2.62. The molecular weight excluding hydrogens is 238 g/mol. The van der Waals surface area contributed by atoms with Gasteiger partial charge in [-0.3, -0.25) is 0 Å². The lowest BCUT2D eigenvalue weighted by Crippen LogP contribution is -2.13. The van der Waals surface area contributed by atoms with Gasteiger partial charge in [-0.25, -0.2) is 0 Å². The number of rotatable bonds is 6. The molecule has 1 aliphatic rings. The molecule has 0 saturated heterocycles. The van der Waals surface area contributed by atoms with Gasteiger partial charge in [0.1, 0.15) is 0 Å². The summed E-state index contributed by atoms with van der Waals surface area (Å²) in [5.74, 6) is 2.42. The van der Waals surface area contributed by atoms with E-state index in [1.165, 1.54) is 31.2 Å². The van der Waals surface area contributed by atoms with Gasteiger partial charge in [-0.05, 0) is 50.4 Å². The molecule has 3 nitrogen and oxygen atoms in total. The fourth-order valence-corrected chi connectivity index (χ4v) is 2.62. The van der Waals surface area contributed by atoms with Gasteiger partial charge in [0.25, 0.3) is 0 Å². The topological polar surface area (TPSA) is 30.5 Å². The van der Waals surface area contributed by atoms with Crippen LogP contribution in [0.1, 0.15) is 44.2 Å². The Morgan fingerprint density at radius 3 is 2.63 bits per heavy atom. The average Bonchev–Trinajstić information content (AvgIpc) is 2.97. The lowest BCUT2D eigenvalue weighted by atomic mass is 10.1. The third-order valence-electron chi connectivity index (χ3n) is 4.07. The minimum atomic E-state index is 0.317. The number of benzene rings is 1. The maximum Gasteiger partial charge on any atom is 0.161 e. The monoisotopic (exact) mass is 263 g/mol. The summed E-state index contributed by atoms with van der Waals surface area (Å²) in [6.07, 6.45) is 5.31. The van der Waals surface area contributed by atoms with Crippen molar-refractivity contribution in [1.29, 1.82) is 0 Å². The molecular formula is C16H25NO2. The molecule has 3 heteroatoms. The highest BCUT2D eigenvalue weighted by Gasteiger charge is 2.17. The SMILES string of the molecule is CNC(C)c1ccc(OCC2CCCC2)c(OC)c1. The van der Waals surface area contributed by atoms with Crippen molar-refractivity contribution in [3.63, 3.8) is 0 Å². The molecule has 106 valence electrons. The first-order chi connectivity index (χ1) is 9.24. The summed E-state index contributed by atoms with van der Waals surface area (Å²) in [6.45, 7) is 2.95. The van der Waals surface area contributed by atoms with E-state index in [1.54, 1.807) is 7.11 Å². The Bertz CT molecular complexity index is 400. The van der Waals surface area contributed by atoms with Crippen LogP contribution in [0, 0.1) is 5.92 Å². The van der Waals surface area contributed by atoms with Gasteiger partial charge in [0.2, 0.25) is 0 Å². The van der Waals surface area contributed by atoms with Crippen LogP contribution in [0.5, 0.6) is 11.5 Å². The maximum absolute atomic E-state index is 5.93. The summed E-state index contributed by atoms with van der Waals surface area (Å²) in [5.41, 5.74) is 1.22. The molecule has 1 aliphatic carbocycles. The predicted octanol–water partition coefficient (Wildman–Crippen LogP) is 3.54. The van der Waals surface area contributed by atoms with E-state index in [1.807, 2.05) is 13.1 Å². The average molecular weight is 263 g/mol. The number of hydrogen-bond donors (Lipinski definition) is 1. The summed E-state index contributed by atoms with van der Waals surface area (Å²) < 4.78 is 11.4. The van der Waals surface area contributed by atoms with Gasteiger partial charge in [-0.1, -0.05) is 18.9 Å². The molecule has 0 spiro atoms. The Balaban J connectivity index is 2.02. The summed E-state index contributed by atoms with van der Waals surface area (Å²) >= 11 is 0. The first-order valence-corrected chi connectivity index (χ1v) is 7.22. The van der Waals surface area contributed by atoms with Crippen LogP contribution in [0.25, 0.3) is 0 Å². The van der Waals surface area contributed by atoms with E-state index >= 15 is 0 Å². The lowest BCUT2D eigenvalue weighted by Gasteiger charge is -2.17. The van der Waals surface area contributed by atoms with E-state index in [9.17, 15) is 0 Å². The Kier molecular flexibility index (Phi) is 5.08. The molecule has 0 heterocycles. The molecule has 1 aromatic carbocycles. The number of nitrogens with one attached hydrogen (secondary N) is 1. The normalized spacial score (nSPS) is 17.4. The first-order valence-electron chi connectivity index (χ1n) is 7.22. The molecule has 0 radical (unpaired) electrons. The van der Waals surface area contributed by atoms with Gasteiger partial charge in [0.15, 0.2) is 11.5 Å². The highest BCUT2D eigenvalue weighted by molar-refractivity contribution is 5.43. The molecule has 1 aromatic rings. The van der Waals surface area contributed by atoms with Gasteiger partial charge >= 0.3 is 0 Å². The van der Waals surface area contributed by atoms with Crippen LogP contribution in [-0.2, 0) is 0 Å². The molecule has 0 amide bonds. The van der Waals surface area contributed by atoms with Crippen molar-refractivity contribution in [1.82, 2.24) is 5.32 Å². The Labute approximate surface area is 116 Å². The second-order valence-corrected chi connectivity index (χ2v) is 5.38. The summed E-state index contributed by atoms with van der Waals surface area (Å²) in [4.78, 5) is 0. The number of hydrogen-bond acceptors (Lipinski definition) is 3. The van der Waals surface area contributed by atoms with Crippen LogP contribution in [0.3, 0.4) is 0 Å².